The molecule has 0 bridgehead atoms. The van der Waals surface area contributed by atoms with Crippen LogP contribution in [0.15, 0.2) is 0 Å². The molecular formula is C14H26N2O3. The molecular weight excluding hydrogens is 244 g/mol. The van der Waals surface area contributed by atoms with Gasteiger partial charge in [-0.3, -0.25) is 9.69 Å². The smallest absolute Gasteiger partial charge is 0.305 e. The number of piperazine rings is 1. The molecule has 0 aromatic rings. The van der Waals surface area contributed by atoms with Crippen molar-refractivity contribution in [3.8, 4) is 0 Å². The van der Waals surface area contributed by atoms with Crippen molar-refractivity contribution in [1.82, 2.24) is 9.80 Å². The molecule has 1 aliphatic heterocycles. The van der Waals surface area contributed by atoms with Crippen LogP contribution in [0.25, 0.3) is 0 Å². The van der Waals surface area contributed by atoms with Crippen molar-refractivity contribution in [1.29, 1.82) is 0 Å². The van der Waals surface area contributed by atoms with Gasteiger partial charge in [-0.15, -0.1) is 0 Å². The van der Waals surface area contributed by atoms with Gasteiger partial charge in [-0.1, -0.05) is 0 Å². The zero-order chi connectivity index (χ0) is 13.9. The number of carboxylic acid groups (broad SMARTS) is 1. The number of methoxy groups -OCH3 is 1. The van der Waals surface area contributed by atoms with Gasteiger partial charge < -0.3 is 14.7 Å². The number of aliphatic carboxylic acids is 1. The number of carbonyl (C=O) groups is 1. The summed E-state index contributed by atoms with van der Waals surface area (Å²) in [6.07, 6.45) is 4.44. The number of ether oxygens (including phenoxy) is 1. The molecule has 19 heavy (non-hydrogen) atoms. The Hall–Kier alpha value is -0.650. The monoisotopic (exact) mass is 270 g/mol. The van der Waals surface area contributed by atoms with Gasteiger partial charge in [0.25, 0.3) is 0 Å². The van der Waals surface area contributed by atoms with E-state index >= 15 is 0 Å². The van der Waals surface area contributed by atoms with E-state index in [0.29, 0.717) is 0 Å². The quantitative estimate of drug-likeness (QED) is 0.827. The van der Waals surface area contributed by atoms with E-state index in [1.54, 1.807) is 7.11 Å². The Kier molecular flexibility index (Phi) is 4.81. The molecule has 1 saturated carbocycles. The van der Waals surface area contributed by atoms with Gasteiger partial charge >= 0.3 is 5.97 Å². The van der Waals surface area contributed by atoms with Crippen LogP contribution in [0.5, 0.6) is 0 Å². The summed E-state index contributed by atoms with van der Waals surface area (Å²) in [5.74, 6) is -0.685. The predicted octanol–water partition coefficient (Wildman–Crippen LogP) is 1.04. The van der Waals surface area contributed by atoms with Gasteiger partial charge in [0.2, 0.25) is 0 Å². The first-order valence-electron chi connectivity index (χ1n) is 7.24. The summed E-state index contributed by atoms with van der Waals surface area (Å²) in [4.78, 5) is 16.0. The molecule has 5 nitrogen and oxygen atoms in total. The van der Waals surface area contributed by atoms with Crippen molar-refractivity contribution in [2.24, 2.45) is 0 Å². The Morgan fingerprint density at radius 1 is 1.37 bits per heavy atom. The third-order valence-electron chi connectivity index (χ3n) is 4.76. The van der Waals surface area contributed by atoms with Gasteiger partial charge in [0.1, 0.15) is 0 Å². The third-order valence-corrected chi connectivity index (χ3v) is 4.76. The minimum atomic E-state index is -0.685. The summed E-state index contributed by atoms with van der Waals surface area (Å²) in [5, 5.41) is 9.29. The summed E-state index contributed by atoms with van der Waals surface area (Å²) in [5.41, 5.74) is -0.188. The Balaban J connectivity index is 2.11. The molecule has 2 rings (SSSR count). The second kappa shape index (κ2) is 6.20. The summed E-state index contributed by atoms with van der Waals surface area (Å²) < 4.78 is 5.51. The summed E-state index contributed by atoms with van der Waals surface area (Å²) in [6.45, 7) is 4.00. The van der Waals surface area contributed by atoms with Gasteiger partial charge in [0, 0.05) is 38.8 Å². The van der Waals surface area contributed by atoms with Gasteiger partial charge in [0.15, 0.2) is 0 Å². The van der Waals surface area contributed by atoms with Gasteiger partial charge in [-0.2, -0.15) is 0 Å². The van der Waals surface area contributed by atoms with Gasteiger partial charge in [-0.05, 0) is 32.7 Å². The second-order valence-electron chi connectivity index (χ2n) is 6.04. The first-order valence-corrected chi connectivity index (χ1v) is 7.24. The van der Waals surface area contributed by atoms with E-state index in [-0.39, 0.29) is 18.1 Å². The van der Waals surface area contributed by atoms with Crippen LogP contribution in [0.4, 0.5) is 0 Å². The fourth-order valence-electron chi connectivity index (χ4n) is 3.61. The summed E-state index contributed by atoms with van der Waals surface area (Å²) >= 11 is 0. The molecule has 5 heteroatoms. The van der Waals surface area contributed by atoms with Crippen LogP contribution >= 0.6 is 0 Å². The molecule has 2 aliphatic rings. The van der Waals surface area contributed by atoms with Crippen LogP contribution in [0.3, 0.4) is 0 Å². The van der Waals surface area contributed by atoms with Crippen molar-refractivity contribution in [2.45, 2.75) is 43.7 Å². The lowest BCUT2D eigenvalue weighted by Gasteiger charge is -2.50. The molecule has 2 unspecified atom stereocenters. The highest BCUT2D eigenvalue weighted by atomic mass is 16.5. The number of carboxylic acids is 1. The number of hydrogen-bond acceptors (Lipinski definition) is 4. The lowest BCUT2D eigenvalue weighted by atomic mass is 9.76. The third kappa shape index (κ3) is 3.46. The Bertz CT molecular complexity index is 316. The van der Waals surface area contributed by atoms with E-state index in [1.165, 1.54) is 0 Å². The minimum Gasteiger partial charge on any atom is -0.481 e. The average Bonchev–Trinajstić information content (AvgIpc) is 2.38. The number of rotatable bonds is 4. The molecule has 110 valence electrons. The van der Waals surface area contributed by atoms with Crippen LogP contribution in [-0.2, 0) is 9.53 Å². The largest absolute Gasteiger partial charge is 0.481 e. The van der Waals surface area contributed by atoms with Crippen molar-refractivity contribution in [3.63, 3.8) is 0 Å². The van der Waals surface area contributed by atoms with Crippen LogP contribution in [0, 0.1) is 0 Å². The maximum atomic E-state index is 11.3. The maximum absolute atomic E-state index is 11.3. The predicted molar refractivity (Wildman–Crippen MR) is 73.3 cm³/mol. The number of likely N-dealkylation sites (N-methyl/N-ethyl adjacent to an activating group) is 1. The van der Waals surface area contributed by atoms with Crippen molar-refractivity contribution in [3.05, 3.63) is 0 Å². The molecule has 0 radical (unpaired) electrons. The molecule has 0 aromatic carbocycles. The minimum absolute atomic E-state index is 0.188. The Labute approximate surface area is 115 Å². The lowest BCUT2D eigenvalue weighted by Crippen LogP contribution is -2.59. The maximum Gasteiger partial charge on any atom is 0.305 e. The van der Waals surface area contributed by atoms with Crippen LogP contribution < -0.4 is 0 Å². The first kappa shape index (κ1) is 14.8. The summed E-state index contributed by atoms with van der Waals surface area (Å²) in [6, 6.07) is 0. The standard InChI is InChI=1S/C14H26N2O3/c1-15-6-8-16(9-7-15)14(11-13(17)18)5-3-4-12(10-14)19-2/h12H,3-11H2,1-2H3,(H,17,18). The normalized spacial score (nSPS) is 34.3. The first-order chi connectivity index (χ1) is 9.05. The lowest BCUT2D eigenvalue weighted by molar-refractivity contribution is -0.143. The molecule has 0 aromatic heterocycles. The van der Waals surface area contributed by atoms with Gasteiger partial charge in [-0.25, -0.2) is 0 Å². The summed E-state index contributed by atoms with van der Waals surface area (Å²) in [7, 11) is 3.87. The van der Waals surface area contributed by atoms with E-state index in [4.69, 9.17) is 4.74 Å². The fraction of sp³-hybridized carbons (Fsp3) is 0.929. The molecule has 1 heterocycles. The highest BCUT2D eigenvalue weighted by Gasteiger charge is 2.43. The SMILES string of the molecule is COC1CCCC(CC(=O)O)(N2CCN(C)CC2)C1. The Morgan fingerprint density at radius 2 is 2.05 bits per heavy atom. The van der Waals surface area contributed by atoms with Crippen LogP contribution in [0.2, 0.25) is 0 Å². The molecule has 1 N–H and O–H groups in total. The topological polar surface area (TPSA) is 53.0 Å². The van der Waals surface area contributed by atoms with Crippen molar-refractivity contribution in [2.75, 3.05) is 40.3 Å². The van der Waals surface area contributed by atoms with E-state index < -0.39 is 5.97 Å². The fourth-order valence-corrected chi connectivity index (χ4v) is 3.61. The van der Waals surface area contributed by atoms with Crippen LogP contribution in [-0.4, -0.2) is 72.9 Å². The molecule has 2 atom stereocenters. The zero-order valence-corrected chi connectivity index (χ0v) is 12.1. The molecule has 0 amide bonds. The van der Waals surface area contributed by atoms with E-state index in [1.807, 2.05) is 0 Å². The Morgan fingerprint density at radius 3 is 2.63 bits per heavy atom. The van der Waals surface area contributed by atoms with Crippen molar-refractivity contribution < 1.29 is 14.6 Å². The van der Waals surface area contributed by atoms with Crippen molar-refractivity contribution >= 4 is 5.97 Å². The second-order valence-corrected chi connectivity index (χ2v) is 6.04. The van der Waals surface area contributed by atoms with E-state index in [2.05, 4.69) is 16.8 Å². The molecule has 2 fully saturated rings. The van der Waals surface area contributed by atoms with E-state index in [9.17, 15) is 9.90 Å². The van der Waals surface area contributed by atoms with Gasteiger partial charge in [0.05, 0.1) is 12.5 Å². The molecule has 0 spiro atoms. The highest BCUT2D eigenvalue weighted by molar-refractivity contribution is 5.68. The van der Waals surface area contributed by atoms with E-state index in [0.717, 1.165) is 51.9 Å². The van der Waals surface area contributed by atoms with Crippen LogP contribution in [0.1, 0.15) is 32.1 Å². The highest BCUT2D eigenvalue weighted by Crippen LogP contribution is 2.38. The number of hydrogen-bond donors (Lipinski definition) is 1. The molecule has 1 saturated heterocycles. The number of nitrogens with zero attached hydrogens (tertiary/aromatic N) is 2. The average molecular weight is 270 g/mol. The zero-order valence-electron chi connectivity index (χ0n) is 12.1. The molecule has 1 aliphatic carbocycles.